The monoisotopic (exact) mass is 364 g/mol. The highest BCUT2D eigenvalue weighted by molar-refractivity contribution is 5.97. The number of carbonyl (C=O) groups excluding carboxylic acids is 4. The van der Waals surface area contributed by atoms with Gasteiger partial charge in [-0.25, -0.2) is 0 Å². The Morgan fingerprint density at radius 1 is 1.27 bits per heavy atom. The number of carbonyl (C=O) groups is 4. The van der Waals surface area contributed by atoms with Crippen molar-refractivity contribution in [2.45, 2.75) is 49.9 Å². The lowest BCUT2D eigenvalue weighted by Gasteiger charge is -2.29. The van der Waals surface area contributed by atoms with Crippen molar-refractivity contribution in [2.75, 3.05) is 26.8 Å². The largest absolute Gasteiger partial charge is 0.375 e. The van der Waals surface area contributed by atoms with Gasteiger partial charge in [-0.05, 0) is 25.7 Å². The first-order valence-corrected chi connectivity index (χ1v) is 9.19. The normalized spacial score (nSPS) is 33.4. The number of likely N-dealkylation sites (tertiary alicyclic amines) is 1. The Hall–Kier alpha value is -2.16. The van der Waals surface area contributed by atoms with Crippen LogP contribution in [0.4, 0.5) is 0 Å². The van der Waals surface area contributed by atoms with Gasteiger partial charge in [-0.2, -0.15) is 0 Å². The van der Waals surface area contributed by atoms with E-state index in [9.17, 15) is 19.2 Å². The fourth-order valence-electron chi connectivity index (χ4n) is 4.34. The van der Waals surface area contributed by atoms with Crippen LogP contribution in [0.25, 0.3) is 0 Å². The molecule has 2 N–H and O–H groups in total. The van der Waals surface area contributed by atoms with E-state index >= 15 is 0 Å². The molecule has 0 aromatic heterocycles. The van der Waals surface area contributed by atoms with Crippen LogP contribution in [0.3, 0.4) is 0 Å². The summed E-state index contributed by atoms with van der Waals surface area (Å²) in [5.74, 6) is -0.589. The van der Waals surface area contributed by atoms with Crippen molar-refractivity contribution in [3.8, 4) is 0 Å². The van der Waals surface area contributed by atoms with Crippen molar-refractivity contribution in [3.63, 3.8) is 0 Å². The third-order valence-corrected chi connectivity index (χ3v) is 5.72. The summed E-state index contributed by atoms with van der Waals surface area (Å²) in [4.78, 5) is 53.3. The molecule has 3 aliphatic heterocycles. The van der Waals surface area contributed by atoms with E-state index in [1.807, 2.05) is 0 Å². The van der Waals surface area contributed by atoms with Gasteiger partial charge >= 0.3 is 0 Å². The van der Waals surface area contributed by atoms with Crippen LogP contribution >= 0.6 is 0 Å². The maximum absolute atomic E-state index is 13.2. The fourth-order valence-corrected chi connectivity index (χ4v) is 4.34. The fraction of sp³-hybridized carbons (Fsp3) is 0.765. The maximum Gasteiger partial charge on any atom is 0.248 e. The molecule has 0 spiro atoms. The summed E-state index contributed by atoms with van der Waals surface area (Å²) in [6, 6.07) is -1.82. The Labute approximate surface area is 151 Å². The summed E-state index contributed by atoms with van der Waals surface area (Å²) in [6.45, 7) is 0.722. The van der Waals surface area contributed by atoms with Crippen molar-refractivity contribution in [1.82, 2.24) is 20.4 Å². The second-order valence-corrected chi connectivity index (χ2v) is 7.59. The van der Waals surface area contributed by atoms with Crippen LogP contribution in [0, 0.1) is 5.92 Å². The highest BCUT2D eigenvalue weighted by Crippen LogP contribution is 2.35. The first-order chi connectivity index (χ1) is 12.5. The first kappa shape index (κ1) is 17.3. The van der Waals surface area contributed by atoms with Crippen LogP contribution in [-0.2, 0) is 23.9 Å². The molecule has 4 amide bonds. The summed E-state index contributed by atoms with van der Waals surface area (Å²) < 4.78 is 4.80. The maximum atomic E-state index is 13.2. The van der Waals surface area contributed by atoms with Crippen molar-refractivity contribution < 1.29 is 23.9 Å². The topological polar surface area (TPSA) is 108 Å². The summed E-state index contributed by atoms with van der Waals surface area (Å²) in [7, 11) is 1.43. The zero-order valence-electron chi connectivity index (χ0n) is 14.8. The molecule has 1 aliphatic carbocycles. The standard InChI is InChI=1S/C17H24N4O5/c1-26-8-13(22)18-10-6-12-15(23)19-11-4-5-20(16(24)9-2-3-9)14(11)17(25)21(12)7-10/h9-12,14H,2-8H2,1H3,(H,18,22)(H,19,23). The number of hydrogen-bond acceptors (Lipinski definition) is 5. The Balaban J connectivity index is 1.51. The van der Waals surface area contributed by atoms with Crippen LogP contribution in [0.1, 0.15) is 25.7 Å². The number of rotatable bonds is 4. The molecule has 4 atom stereocenters. The minimum absolute atomic E-state index is 0.0303. The number of nitrogens with zero attached hydrogens (tertiary/aromatic N) is 2. The molecule has 9 heteroatoms. The molecular formula is C17H24N4O5. The van der Waals surface area contributed by atoms with Gasteiger partial charge in [-0.15, -0.1) is 0 Å². The SMILES string of the molecule is COCC(=O)NC1CC2C(=O)NC3CCN(C(=O)C4CC4)C3C(=O)N2C1. The van der Waals surface area contributed by atoms with Crippen molar-refractivity contribution in [1.29, 1.82) is 0 Å². The predicted octanol–water partition coefficient (Wildman–Crippen LogP) is -1.77. The summed E-state index contributed by atoms with van der Waals surface area (Å²) in [6.07, 6.45) is 2.75. The third kappa shape index (κ3) is 2.94. The van der Waals surface area contributed by atoms with Crippen LogP contribution < -0.4 is 10.6 Å². The number of amides is 4. The van der Waals surface area contributed by atoms with Gasteiger partial charge in [0.25, 0.3) is 0 Å². The van der Waals surface area contributed by atoms with Crippen molar-refractivity contribution in [2.24, 2.45) is 5.92 Å². The van der Waals surface area contributed by atoms with Gasteiger partial charge in [0.2, 0.25) is 23.6 Å². The Morgan fingerprint density at radius 3 is 2.73 bits per heavy atom. The molecule has 1 saturated carbocycles. The average Bonchev–Trinajstić information content (AvgIpc) is 3.26. The second kappa shape index (κ2) is 6.53. The minimum Gasteiger partial charge on any atom is -0.375 e. The molecule has 4 fully saturated rings. The zero-order valence-corrected chi connectivity index (χ0v) is 14.8. The molecule has 26 heavy (non-hydrogen) atoms. The van der Waals surface area contributed by atoms with Gasteiger partial charge in [-0.3, -0.25) is 19.2 Å². The number of ether oxygens (including phenoxy) is 1. The Morgan fingerprint density at radius 2 is 2.04 bits per heavy atom. The molecule has 0 aromatic rings. The highest BCUT2D eigenvalue weighted by atomic mass is 16.5. The molecule has 3 saturated heterocycles. The van der Waals surface area contributed by atoms with Gasteiger partial charge in [0.15, 0.2) is 0 Å². The van der Waals surface area contributed by atoms with Gasteiger partial charge in [0.1, 0.15) is 18.7 Å². The average molecular weight is 364 g/mol. The molecule has 3 heterocycles. The van der Waals surface area contributed by atoms with E-state index in [1.165, 1.54) is 12.0 Å². The van der Waals surface area contributed by atoms with Crippen LogP contribution in [0.5, 0.6) is 0 Å². The Kier molecular flexibility index (Phi) is 4.34. The molecule has 9 nitrogen and oxygen atoms in total. The van der Waals surface area contributed by atoms with Gasteiger partial charge in [0.05, 0.1) is 6.04 Å². The van der Waals surface area contributed by atoms with E-state index in [-0.39, 0.29) is 54.8 Å². The highest BCUT2D eigenvalue weighted by Gasteiger charge is 2.53. The van der Waals surface area contributed by atoms with E-state index in [0.29, 0.717) is 19.4 Å². The minimum atomic E-state index is -0.620. The molecule has 0 bridgehead atoms. The van der Waals surface area contributed by atoms with E-state index in [1.54, 1.807) is 4.90 Å². The number of nitrogens with one attached hydrogen (secondary N) is 2. The number of hydrogen-bond donors (Lipinski definition) is 2. The van der Waals surface area contributed by atoms with Gasteiger partial charge < -0.3 is 25.2 Å². The molecule has 4 rings (SSSR count). The zero-order chi connectivity index (χ0) is 18.4. The second-order valence-electron chi connectivity index (χ2n) is 7.59. The summed E-state index contributed by atoms with van der Waals surface area (Å²) in [5.41, 5.74) is 0. The number of fused-ring (bicyclic) bond motifs is 2. The van der Waals surface area contributed by atoms with Gasteiger partial charge in [-0.1, -0.05) is 0 Å². The van der Waals surface area contributed by atoms with E-state index in [2.05, 4.69) is 10.6 Å². The summed E-state index contributed by atoms with van der Waals surface area (Å²) >= 11 is 0. The van der Waals surface area contributed by atoms with Crippen LogP contribution in [0.15, 0.2) is 0 Å². The molecule has 0 radical (unpaired) electrons. The Bertz CT molecular complexity index is 649. The number of methoxy groups -OCH3 is 1. The van der Waals surface area contributed by atoms with E-state index < -0.39 is 12.1 Å². The smallest absolute Gasteiger partial charge is 0.248 e. The van der Waals surface area contributed by atoms with Crippen LogP contribution in [0.2, 0.25) is 0 Å². The molecule has 4 aliphatic rings. The van der Waals surface area contributed by atoms with Crippen molar-refractivity contribution in [3.05, 3.63) is 0 Å². The predicted molar refractivity (Wildman–Crippen MR) is 88.7 cm³/mol. The quantitative estimate of drug-likeness (QED) is 0.614. The van der Waals surface area contributed by atoms with Crippen LogP contribution in [-0.4, -0.2) is 84.4 Å². The molecule has 4 unspecified atom stereocenters. The summed E-state index contributed by atoms with van der Waals surface area (Å²) in [5, 5.41) is 5.75. The lowest BCUT2D eigenvalue weighted by atomic mass is 10.1. The van der Waals surface area contributed by atoms with E-state index in [4.69, 9.17) is 4.74 Å². The lowest BCUT2D eigenvalue weighted by molar-refractivity contribution is -0.145. The molecule has 142 valence electrons. The van der Waals surface area contributed by atoms with Gasteiger partial charge in [0, 0.05) is 32.2 Å². The molecule has 0 aromatic carbocycles. The van der Waals surface area contributed by atoms with Crippen molar-refractivity contribution >= 4 is 23.6 Å². The lowest BCUT2D eigenvalue weighted by Crippen LogP contribution is -2.53. The third-order valence-electron chi connectivity index (χ3n) is 5.72. The first-order valence-electron chi connectivity index (χ1n) is 9.19. The molecular weight excluding hydrogens is 340 g/mol. The van der Waals surface area contributed by atoms with E-state index in [0.717, 1.165) is 12.8 Å².